The number of benzene rings is 2. The van der Waals surface area contributed by atoms with Crippen LogP contribution in [0.1, 0.15) is 24.5 Å². The molecule has 1 heteroatoms. The van der Waals surface area contributed by atoms with Crippen molar-refractivity contribution in [1.29, 1.82) is 0 Å². The monoisotopic (exact) mass is 287 g/mol. The van der Waals surface area contributed by atoms with Crippen LogP contribution in [-0.2, 0) is 6.42 Å². The first-order valence-electron chi connectivity index (χ1n) is 7.90. The Kier molecular flexibility index (Phi) is 4.34. The summed E-state index contributed by atoms with van der Waals surface area (Å²) in [6.45, 7) is 4.38. The molecule has 0 aliphatic heterocycles. The van der Waals surface area contributed by atoms with E-state index in [0.717, 1.165) is 18.5 Å². The van der Waals surface area contributed by atoms with E-state index in [0.29, 0.717) is 0 Å². The summed E-state index contributed by atoms with van der Waals surface area (Å²) in [5.74, 6) is 0. The molecule has 0 N–H and O–H groups in total. The van der Waals surface area contributed by atoms with Gasteiger partial charge < -0.3 is 0 Å². The van der Waals surface area contributed by atoms with Crippen LogP contribution < -0.4 is 0 Å². The largest absolute Gasteiger partial charge is 0.256 e. The zero-order valence-electron chi connectivity index (χ0n) is 13.2. The van der Waals surface area contributed by atoms with Crippen molar-refractivity contribution in [2.24, 2.45) is 0 Å². The maximum atomic E-state index is 4.73. The highest BCUT2D eigenvalue weighted by atomic mass is 14.7. The molecule has 0 fully saturated rings. The van der Waals surface area contributed by atoms with Gasteiger partial charge in [-0.25, -0.2) is 0 Å². The molecule has 110 valence electrons. The molecule has 0 aliphatic rings. The average molecular weight is 287 g/mol. The van der Waals surface area contributed by atoms with Gasteiger partial charge in [0.2, 0.25) is 0 Å². The Bertz CT molecular complexity index is 760. The summed E-state index contributed by atoms with van der Waals surface area (Å²) in [4.78, 5) is 4.73. The van der Waals surface area contributed by atoms with E-state index in [-0.39, 0.29) is 0 Å². The van der Waals surface area contributed by atoms with Crippen molar-refractivity contribution < 1.29 is 0 Å². The maximum absolute atomic E-state index is 4.73. The van der Waals surface area contributed by atoms with E-state index in [1.54, 1.807) is 0 Å². The van der Waals surface area contributed by atoms with Gasteiger partial charge in [0.05, 0.1) is 5.69 Å². The lowest BCUT2D eigenvalue weighted by Crippen LogP contribution is -1.93. The highest BCUT2D eigenvalue weighted by Crippen LogP contribution is 2.28. The normalized spacial score (nSPS) is 10.6. The molecule has 1 nitrogen and oxygen atoms in total. The van der Waals surface area contributed by atoms with Crippen LogP contribution in [0.5, 0.6) is 0 Å². The molecule has 1 heterocycles. The second-order valence-corrected chi connectivity index (χ2v) is 5.66. The number of nitrogens with zero attached hydrogens (tertiary/aromatic N) is 1. The molecule has 1 aromatic heterocycles. The third-order valence-electron chi connectivity index (χ3n) is 4.01. The van der Waals surface area contributed by atoms with Gasteiger partial charge in [0.1, 0.15) is 0 Å². The molecule has 3 rings (SSSR count). The van der Waals surface area contributed by atoms with Crippen molar-refractivity contribution in [3.8, 4) is 22.4 Å². The van der Waals surface area contributed by atoms with Gasteiger partial charge >= 0.3 is 0 Å². The number of aromatic nitrogens is 1. The Labute approximate surface area is 132 Å². The topological polar surface area (TPSA) is 12.9 Å². The van der Waals surface area contributed by atoms with E-state index in [1.807, 2.05) is 12.3 Å². The fraction of sp³-hybridized carbons (Fsp3) is 0.190. The van der Waals surface area contributed by atoms with Crippen LogP contribution in [0.15, 0.2) is 66.9 Å². The molecule has 0 radical (unpaired) electrons. The van der Waals surface area contributed by atoms with Crippen molar-refractivity contribution in [2.45, 2.75) is 26.7 Å². The molecule has 0 unspecified atom stereocenters. The number of aryl methyl sites for hydroxylation is 2. The van der Waals surface area contributed by atoms with E-state index >= 15 is 0 Å². The predicted molar refractivity (Wildman–Crippen MR) is 93.8 cm³/mol. The number of hydrogen-bond donors (Lipinski definition) is 0. The summed E-state index contributed by atoms with van der Waals surface area (Å²) in [7, 11) is 0. The van der Waals surface area contributed by atoms with E-state index in [1.165, 1.54) is 27.8 Å². The van der Waals surface area contributed by atoms with Crippen LogP contribution in [0.25, 0.3) is 22.4 Å². The minimum atomic E-state index is 1.07. The van der Waals surface area contributed by atoms with Gasteiger partial charge in [0.25, 0.3) is 0 Å². The molecular weight excluding hydrogens is 266 g/mol. The van der Waals surface area contributed by atoms with E-state index in [2.05, 4.69) is 68.4 Å². The molecule has 0 atom stereocenters. The van der Waals surface area contributed by atoms with Crippen molar-refractivity contribution in [1.82, 2.24) is 4.98 Å². The predicted octanol–water partition coefficient (Wildman–Crippen LogP) is 5.68. The summed E-state index contributed by atoms with van der Waals surface area (Å²) >= 11 is 0. The lowest BCUT2D eigenvalue weighted by molar-refractivity contribution is 0.922. The van der Waals surface area contributed by atoms with Gasteiger partial charge in [-0.3, -0.25) is 4.98 Å². The minimum absolute atomic E-state index is 1.07. The molecule has 0 bridgehead atoms. The maximum Gasteiger partial charge on any atom is 0.0707 e. The molecule has 0 saturated heterocycles. The smallest absolute Gasteiger partial charge is 0.0707 e. The van der Waals surface area contributed by atoms with Crippen LogP contribution in [0.4, 0.5) is 0 Å². The number of rotatable bonds is 4. The second-order valence-electron chi connectivity index (χ2n) is 5.66. The van der Waals surface area contributed by atoms with Crippen LogP contribution in [0, 0.1) is 6.92 Å². The van der Waals surface area contributed by atoms with Crippen LogP contribution in [-0.4, -0.2) is 4.98 Å². The lowest BCUT2D eigenvalue weighted by atomic mass is 9.97. The van der Waals surface area contributed by atoms with Gasteiger partial charge in [0.15, 0.2) is 0 Å². The van der Waals surface area contributed by atoms with Crippen molar-refractivity contribution in [2.75, 3.05) is 0 Å². The Balaban J connectivity index is 2.03. The second kappa shape index (κ2) is 6.57. The van der Waals surface area contributed by atoms with Crippen LogP contribution in [0.2, 0.25) is 0 Å². The molecule has 0 saturated carbocycles. The van der Waals surface area contributed by atoms with Gasteiger partial charge in [-0.1, -0.05) is 67.9 Å². The zero-order valence-corrected chi connectivity index (χ0v) is 13.2. The Morgan fingerprint density at radius 3 is 2.32 bits per heavy atom. The Morgan fingerprint density at radius 2 is 1.59 bits per heavy atom. The van der Waals surface area contributed by atoms with Gasteiger partial charge in [-0.15, -0.1) is 0 Å². The van der Waals surface area contributed by atoms with E-state index in [9.17, 15) is 0 Å². The number of pyridine rings is 1. The van der Waals surface area contributed by atoms with E-state index < -0.39 is 0 Å². The minimum Gasteiger partial charge on any atom is -0.256 e. The first-order chi connectivity index (χ1) is 10.8. The third kappa shape index (κ3) is 2.94. The highest BCUT2D eigenvalue weighted by molar-refractivity contribution is 5.71. The molecule has 0 spiro atoms. The summed E-state index contributed by atoms with van der Waals surface area (Å²) in [5.41, 5.74) is 7.40. The first kappa shape index (κ1) is 14.5. The number of hydrogen-bond acceptors (Lipinski definition) is 1. The van der Waals surface area contributed by atoms with E-state index in [4.69, 9.17) is 4.98 Å². The molecule has 22 heavy (non-hydrogen) atoms. The van der Waals surface area contributed by atoms with Crippen LogP contribution in [0.3, 0.4) is 0 Å². The third-order valence-corrected chi connectivity index (χ3v) is 4.01. The van der Waals surface area contributed by atoms with Gasteiger partial charge in [-0.2, -0.15) is 0 Å². The fourth-order valence-electron chi connectivity index (χ4n) is 2.88. The summed E-state index contributed by atoms with van der Waals surface area (Å²) in [6, 6.07) is 21.2. The van der Waals surface area contributed by atoms with Gasteiger partial charge in [0, 0.05) is 17.3 Å². The van der Waals surface area contributed by atoms with Crippen molar-refractivity contribution in [3.63, 3.8) is 0 Å². The van der Waals surface area contributed by atoms with Crippen molar-refractivity contribution in [3.05, 3.63) is 78.0 Å². The molecule has 2 aromatic carbocycles. The average Bonchev–Trinajstić information content (AvgIpc) is 2.56. The highest BCUT2D eigenvalue weighted by Gasteiger charge is 2.08. The fourth-order valence-corrected chi connectivity index (χ4v) is 2.88. The van der Waals surface area contributed by atoms with Crippen LogP contribution >= 0.6 is 0 Å². The summed E-state index contributed by atoms with van der Waals surface area (Å²) in [6.07, 6.45) is 4.25. The van der Waals surface area contributed by atoms with Crippen molar-refractivity contribution >= 4 is 0 Å². The standard InChI is InChI=1S/C21H21N/c1-3-9-17-12-7-8-13-19(17)21-14-16(2)20(15-22-21)18-10-5-4-6-11-18/h4-8,10-15H,3,9H2,1-2H3. The lowest BCUT2D eigenvalue weighted by Gasteiger charge is -2.11. The Hall–Kier alpha value is -2.41. The molecule has 3 aromatic rings. The summed E-state index contributed by atoms with van der Waals surface area (Å²) in [5, 5.41) is 0. The first-order valence-corrected chi connectivity index (χ1v) is 7.90. The van der Waals surface area contributed by atoms with Gasteiger partial charge in [-0.05, 0) is 36.1 Å². The quantitative estimate of drug-likeness (QED) is 0.602. The Morgan fingerprint density at radius 1 is 0.864 bits per heavy atom. The zero-order chi connectivity index (χ0) is 15.4. The summed E-state index contributed by atoms with van der Waals surface area (Å²) < 4.78 is 0. The molecule has 0 aliphatic carbocycles. The molecule has 0 amide bonds. The molecular formula is C21H21N. The SMILES string of the molecule is CCCc1ccccc1-c1cc(C)c(-c2ccccc2)cn1.